The Morgan fingerprint density at radius 3 is 2.19 bits per heavy atom. The van der Waals surface area contributed by atoms with E-state index in [0.29, 0.717) is 12.8 Å². The molecule has 1 saturated heterocycles. The fraction of sp³-hybridized carbons (Fsp3) is 0.545. The van der Waals surface area contributed by atoms with Gasteiger partial charge in [-0.3, -0.25) is 15.0 Å². The Balaban J connectivity index is 2.02. The smallest absolute Gasteiger partial charge is 0.423 e. The maximum atomic E-state index is 13.0. The number of ketones is 1. The van der Waals surface area contributed by atoms with E-state index < -0.39 is 42.2 Å². The van der Waals surface area contributed by atoms with Crippen LogP contribution < -0.4 is 21.5 Å². The van der Waals surface area contributed by atoms with Gasteiger partial charge in [-0.15, -0.1) is 0 Å². The summed E-state index contributed by atoms with van der Waals surface area (Å²) in [6.07, 6.45) is -1.99. The van der Waals surface area contributed by atoms with E-state index in [9.17, 15) is 19.2 Å². The van der Waals surface area contributed by atoms with Gasteiger partial charge >= 0.3 is 12.2 Å². The average Bonchev–Trinajstić information content (AvgIpc) is 3.17. The van der Waals surface area contributed by atoms with Crippen LogP contribution in [-0.2, 0) is 25.7 Å². The van der Waals surface area contributed by atoms with Crippen LogP contribution in [0, 0.1) is 11.8 Å². The van der Waals surface area contributed by atoms with Gasteiger partial charge in [0, 0.05) is 0 Å². The highest BCUT2D eigenvalue weighted by Gasteiger charge is 2.36. The molecule has 2 rings (SSSR count). The summed E-state index contributed by atoms with van der Waals surface area (Å²) in [5, 5.41) is 5.30. The predicted octanol–water partition coefficient (Wildman–Crippen LogP) is 2.00. The summed E-state index contributed by atoms with van der Waals surface area (Å²) in [7, 11) is 0. The molecule has 1 unspecified atom stereocenters. The molecule has 1 fully saturated rings. The number of hydrogen-bond acceptors (Lipinski definition) is 7. The number of carbonyl (C=O) groups excluding carboxylic acids is 4. The number of rotatable bonds is 11. The van der Waals surface area contributed by atoms with Crippen molar-refractivity contribution in [3.63, 3.8) is 0 Å². The Morgan fingerprint density at radius 1 is 1.00 bits per heavy atom. The van der Waals surface area contributed by atoms with Crippen LogP contribution in [0.25, 0.3) is 0 Å². The number of amides is 3. The number of alkyl carbamates (subject to hydrolysis) is 1. The van der Waals surface area contributed by atoms with Crippen LogP contribution in [0.2, 0.25) is 0 Å². The zero-order valence-electron chi connectivity index (χ0n) is 18.8. The normalized spacial score (nSPS) is 17.3. The predicted molar refractivity (Wildman–Crippen MR) is 116 cm³/mol. The molecule has 1 aromatic carbocycles. The number of nitrogens with one attached hydrogen (secondary N) is 4. The van der Waals surface area contributed by atoms with Gasteiger partial charge in [-0.25, -0.2) is 9.59 Å². The van der Waals surface area contributed by atoms with Crippen LogP contribution in [-0.4, -0.2) is 42.2 Å². The average molecular weight is 449 g/mol. The molecule has 3 atom stereocenters. The summed E-state index contributed by atoms with van der Waals surface area (Å²) in [6.45, 7) is 7.72. The van der Waals surface area contributed by atoms with Crippen LogP contribution in [0.1, 0.15) is 46.1 Å². The summed E-state index contributed by atoms with van der Waals surface area (Å²) >= 11 is 0. The van der Waals surface area contributed by atoms with E-state index in [-0.39, 0.29) is 18.4 Å². The van der Waals surface area contributed by atoms with Crippen molar-refractivity contribution in [3.05, 3.63) is 35.9 Å². The van der Waals surface area contributed by atoms with Crippen molar-refractivity contribution >= 4 is 23.9 Å². The molecule has 0 aliphatic carbocycles. The largest absolute Gasteiger partial charge is 0.445 e. The van der Waals surface area contributed by atoms with Gasteiger partial charge in [0.15, 0.2) is 0 Å². The molecule has 10 heteroatoms. The van der Waals surface area contributed by atoms with Crippen LogP contribution in [0.15, 0.2) is 30.3 Å². The van der Waals surface area contributed by atoms with Crippen LogP contribution in [0.5, 0.6) is 0 Å². The standard InChI is InChI=1S/C22H32N4O6/c1-13(2)10-16(18(27)20-25-26-22(30)32-20)23-19(28)17(11-14(3)4)24-21(29)31-12-15-8-6-5-7-9-15/h5-9,13-14,16-17,20,25H,10-12H2,1-4H3,(H,23,28)(H,24,29)(H,26,30)/t16-,17-,20?/m0/s1. The highest BCUT2D eigenvalue weighted by Crippen LogP contribution is 2.12. The first-order valence-electron chi connectivity index (χ1n) is 10.7. The second-order valence-electron chi connectivity index (χ2n) is 8.54. The monoisotopic (exact) mass is 448 g/mol. The number of hydrogen-bond donors (Lipinski definition) is 4. The second kappa shape index (κ2) is 12.0. The van der Waals surface area contributed by atoms with Crippen molar-refractivity contribution in [2.45, 2.75) is 65.5 Å². The zero-order chi connectivity index (χ0) is 23.7. The number of carbonyl (C=O) groups is 4. The topological polar surface area (TPSA) is 135 Å². The van der Waals surface area contributed by atoms with Crippen LogP contribution in [0.4, 0.5) is 9.59 Å². The fourth-order valence-corrected chi connectivity index (χ4v) is 3.20. The van der Waals surface area contributed by atoms with Crippen molar-refractivity contribution in [2.75, 3.05) is 0 Å². The molecule has 10 nitrogen and oxygen atoms in total. The first-order valence-corrected chi connectivity index (χ1v) is 10.7. The second-order valence-corrected chi connectivity index (χ2v) is 8.54. The maximum absolute atomic E-state index is 13.0. The molecule has 1 aromatic rings. The number of ether oxygens (including phenoxy) is 2. The Labute approximate surface area is 187 Å². The lowest BCUT2D eigenvalue weighted by Gasteiger charge is -2.25. The lowest BCUT2D eigenvalue weighted by Crippen LogP contribution is -2.55. The van der Waals surface area contributed by atoms with Gasteiger partial charge in [-0.05, 0) is 30.2 Å². The summed E-state index contributed by atoms with van der Waals surface area (Å²) in [4.78, 5) is 49.3. The first kappa shape index (κ1) is 25.1. The van der Waals surface area contributed by atoms with E-state index in [4.69, 9.17) is 9.47 Å². The molecule has 32 heavy (non-hydrogen) atoms. The Bertz CT molecular complexity index is 799. The fourth-order valence-electron chi connectivity index (χ4n) is 3.20. The third-order valence-electron chi connectivity index (χ3n) is 4.68. The van der Waals surface area contributed by atoms with Gasteiger partial charge in [0.05, 0.1) is 6.04 Å². The van der Waals surface area contributed by atoms with Crippen molar-refractivity contribution in [3.8, 4) is 0 Å². The van der Waals surface area contributed by atoms with Crippen molar-refractivity contribution in [1.29, 1.82) is 0 Å². The molecule has 3 amide bonds. The van der Waals surface area contributed by atoms with E-state index in [1.54, 1.807) is 0 Å². The first-order chi connectivity index (χ1) is 15.2. The zero-order valence-corrected chi connectivity index (χ0v) is 18.8. The third-order valence-corrected chi connectivity index (χ3v) is 4.68. The Kier molecular flexibility index (Phi) is 9.45. The quantitative estimate of drug-likeness (QED) is 0.407. The molecular formula is C22H32N4O6. The lowest BCUT2D eigenvalue weighted by molar-refractivity contribution is -0.134. The highest BCUT2D eigenvalue weighted by molar-refractivity contribution is 5.95. The molecule has 0 spiro atoms. The van der Waals surface area contributed by atoms with E-state index in [1.807, 2.05) is 58.0 Å². The van der Waals surface area contributed by atoms with Gasteiger partial charge in [0.1, 0.15) is 12.6 Å². The van der Waals surface area contributed by atoms with Crippen molar-refractivity contribution in [2.24, 2.45) is 11.8 Å². The molecule has 4 N–H and O–H groups in total. The molecule has 0 saturated carbocycles. The van der Waals surface area contributed by atoms with Gasteiger partial charge in [0.2, 0.25) is 17.9 Å². The molecular weight excluding hydrogens is 416 g/mol. The maximum Gasteiger partial charge on any atom is 0.423 e. The summed E-state index contributed by atoms with van der Waals surface area (Å²) in [5.74, 6) is -0.810. The SMILES string of the molecule is CC(C)C[C@H](NC(=O)OCc1ccccc1)C(=O)N[C@@H](CC(C)C)C(=O)C1NNC(=O)O1. The van der Waals surface area contributed by atoms with E-state index in [1.165, 1.54) is 0 Å². The highest BCUT2D eigenvalue weighted by atomic mass is 16.6. The van der Waals surface area contributed by atoms with E-state index in [2.05, 4.69) is 21.5 Å². The minimum absolute atomic E-state index is 0.0723. The van der Waals surface area contributed by atoms with Crippen LogP contribution >= 0.6 is 0 Å². The van der Waals surface area contributed by atoms with E-state index >= 15 is 0 Å². The molecule has 1 aliphatic heterocycles. The number of cyclic esters (lactones) is 1. The van der Waals surface area contributed by atoms with Gasteiger partial charge in [0.25, 0.3) is 0 Å². The number of benzene rings is 1. The third kappa shape index (κ3) is 8.18. The summed E-state index contributed by atoms with van der Waals surface area (Å²) in [6, 6.07) is 7.40. The molecule has 0 aromatic heterocycles. The number of Topliss-reactive ketones (excluding diaryl/α,β-unsaturated/α-hetero) is 1. The minimum Gasteiger partial charge on any atom is -0.445 e. The molecule has 176 valence electrons. The van der Waals surface area contributed by atoms with Gasteiger partial charge < -0.3 is 20.1 Å². The van der Waals surface area contributed by atoms with Gasteiger partial charge in [-0.2, -0.15) is 5.43 Å². The lowest BCUT2D eigenvalue weighted by atomic mass is 9.97. The molecule has 1 aliphatic rings. The molecule has 0 bridgehead atoms. The summed E-state index contributed by atoms with van der Waals surface area (Å²) in [5.41, 5.74) is 5.46. The van der Waals surface area contributed by atoms with Crippen molar-refractivity contribution in [1.82, 2.24) is 21.5 Å². The minimum atomic E-state index is -1.20. The van der Waals surface area contributed by atoms with Crippen LogP contribution in [0.3, 0.4) is 0 Å². The number of hydrazine groups is 1. The van der Waals surface area contributed by atoms with Gasteiger partial charge in [-0.1, -0.05) is 58.0 Å². The molecule has 0 radical (unpaired) electrons. The molecule has 1 heterocycles. The Hall–Kier alpha value is -3.14. The summed E-state index contributed by atoms with van der Waals surface area (Å²) < 4.78 is 10.1. The van der Waals surface area contributed by atoms with Crippen molar-refractivity contribution < 1.29 is 28.7 Å². The van der Waals surface area contributed by atoms with E-state index in [0.717, 1.165) is 5.56 Å². The Morgan fingerprint density at radius 2 is 1.62 bits per heavy atom.